The highest BCUT2D eigenvalue weighted by Crippen LogP contribution is 2.23. The van der Waals surface area contributed by atoms with Crippen LogP contribution in [0.3, 0.4) is 0 Å². The molecule has 0 saturated heterocycles. The van der Waals surface area contributed by atoms with Gasteiger partial charge in [-0.25, -0.2) is 0 Å². The van der Waals surface area contributed by atoms with Gasteiger partial charge >= 0.3 is 0 Å². The van der Waals surface area contributed by atoms with E-state index < -0.39 is 0 Å². The Balaban J connectivity index is 2.94. The summed E-state index contributed by atoms with van der Waals surface area (Å²) in [5, 5.41) is 9.02. The van der Waals surface area contributed by atoms with E-state index in [4.69, 9.17) is 21.6 Å². The minimum Gasteiger partial charge on any atom is -0.496 e. The molecule has 0 bridgehead atoms. The highest BCUT2D eigenvalue weighted by molar-refractivity contribution is 6.30. The molecule has 1 aromatic rings. The van der Waals surface area contributed by atoms with Gasteiger partial charge in [0.25, 0.3) is 0 Å². The quantitative estimate of drug-likeness (QED) is 0.762. The van der Waals surface area contributed by atoms with E-state index in [1.165, 1.54) is 0 Å². The van der Waals surface area contributed by atoms with Gasteiger partial charge in [0.05, 0.1) is 19.6 Å². The van der Waals surface area contributed by atoms with Crippen molar-refractivity contribution in [2.75, 3.05) is 7.11 Å². The minimum atomic E-state index is 0.385. The summed E-state index contributed by atoms with van der Waals surface area (Å²) in [5.74, 6) is 0.753. The molecule has 0 saturated carbocycles. The van der Waals surface area contributed by atoms with E-state index in [0.29, 0.717) is 11.4 Å². The molecule has 2 nitrogen and oxygen atoms in total. The van der Waals surface area contributed by atoms with Gasteiger partial charge < -0.3 is 4.74 Å². The topological polar surface area (TPSA) is 33.0 Å². The van der Waals surface area contributed by atoms with E-state index in [1.807, 2.05) is 12.1 Å². The molecule has 0 atom stereocenters. The van der Waals surface area contributed by atoms with Crippen LogP contribution in [0.25, 0.3) is 6.08 Å². The third kappa shape index (κ3) is 2.79. The predicted octanol–water partition coefficient (Wildman–Crippen LogP) is 3.28. The number of hydrogen-bond donors (Lipinski definition) is 0. The van der Waals surface area contributed by atoms with Gasteiger partial charge in [-0.05, 0) is 18.2 Å². The molecular formula is C11H10ClNO. The summed E-state index contributed by atoms with van der Waals surface area (Å²) in [7, 11) is 1.60. The molecule has 1 rings (SSSR count). The van der Waals surface area contributed by atoms with Crippen molar-refractivity contribution in [1.82, 2.24) is 0 Å². The molecule has 72 valence electrons. The van der Waals surface area contributed by atoms with E-state index in [0.717, 1.165) is 11.3 Å². The average Bonchev–Trinajstić information content (AvgIpc) is 2.19. The fourth-order valence-corrected chi connectivity index (χ4v) is 1.25. The van der Waals surface area contributed by atoms with Gasteiger partial charge in [-0.2, -0.15) is 5.26 Å². The lowest BCUT2D eigenvalue weighted by molar-refractivity contribution is 0.414. The maximum atomic E-state index is 8.37. The van der Waals surface area contributed by atoms with Crippen molar-refractivity contribution in [3.8, 4) is 11.8 Å². The van der Waals surface area contributed by atoms with Crippen LogP contribution in [-0.4, -0.2) is 7.11 Å². The van der Waals surface area contributed by atoms with Crippen LogP contribution in [0.1, 0.15) is 12.0 Å². The molecule has 0 spiro atoms. The van der Waals surface area contributed by atoms with Crippen molar-refractivity contribution >= 4 is 17.7 Å². The highest BCUT2D eigenvalue weighted by Gasteiger charge is 1.99. The molecule has 0 aromatic heterocycles. The van der Waals surface area contributed by atoms with E-state index in [2.05, 4.69) is 0 Å². The first kappa shape index (κ1) is 10.6. The van der Waals surface area contributed by atoms with Crippen LogP contribution in [0, 0.1) is 11.3 Å². The lowest BCUT2D eigenvalue weighted by atomic mass is 10.2. The number of ether oxygens (including phenoxy) is 1. The maximum absolute atomic E-state index is 8.37. The zero-order chi connectivity index (χ0) is 10.4. The fraction of sp³-hybridized carbons (Fsp3) is 0.182. The normalized spacial score (nSPS) is 10.1. The molecule has 0 heterocycles. The largest absolute Gasteiger partial charge is 0.496 e. The van der Waals surface area contributed by atoms with Crippen LogP contribution in [-0.2, 0) is 0 Å². The van der Waals surface area contributed by atoms with Crippen molar-refractivity contribution in [2.24, 2.45) is 0 Å². The number of methoxy groups -OCH3 is 1. The van der Waals surface area contributed by atoms with Gasteiger partial charge in [0, 0.05) is 10.6 Å². The monoisotopic (exact) mass is 207 g/mol. The summed E-state index contributed by atoms with van der Waals surface area (Å²) >= 11 is 5.83. The molecule has 0 N–H and O–H groups in total. The Morgan fingerprint density at radius 1 is 1.57 bits per heavy atom. The maximum Gasteiger partial charge on any atom is 0.126 e. The highest BCUT2D eigenvalue weighted by atomic mass is 35.5. The number of nitriles is 1. The number of rotatable bonds is 3. The Morgan fingerprint density at radius 2 is 2.36 bits per heavy atom. The Kier molecular flexibility index (Phi) is 4.03. The second-order valence-corrected chi connectivity index (χ2v) is 3.09. The van der Waals surface area contributed by atoms with Gasteiger partial charge in [-0.1, -0.05) is 23.8 Å². The van der Waals surface area contributed by atoms with Gasteiger partial charge in [0.2, 0.25) is 0 Å². The van der Waals surface area contributed by atoms with E-state index in [1.54, 1.807) is 31.4 Å². The first-order chi connectivity index (χ1) is 6.77. The number of halogens is 1. The summed E-state index contributed by atoms with van der Waals surface area (Å²) in [6.45, 7) is 0. The third-order valence-corrected chi connectivity index (χ3v) is 1.93. The van der Waals surface area contributed by atoms with Crippen molar-refractivity contribution in [3.63, 3.8) is 0 Å². The van der Waals surface area contributed by atoms with E-state index >= 15 is 0 Å². The van der Waals surface area contributed by atoms with Crippen molar-refractivity contribution in [1.29, 1.82) is 5.26 Å². The molecular weight excluding hydrogens is 198 g/mol. The van der Waals surface area contributed by atoms with Crippen LogP contribution < -0.4 is 4.74 Å². The van der Waals surface area contributed by atoms with Crippen LogP contribution in [0.5, 0.6) is 5.75 Å². The minimum absolute atomic E-state index is 0.385. The summed E-state index contributed by atoms with van der Waals surface area (Å²) in [6.07, 6.45) is 3.98. The molecule has 0 aliphatic rings. The second-order valence-electron chi connectivity index (χ2n) is 2.65. The SMILES string of the molecule is COc1ccc(Cl)cc1C=CCC#N. The van der Waals surface area contributed by atoms with Crippen molar-refractivity contribution in [2.45, 2.75) is 6.42 Å². The number of nitrogens with zero attached hydrogens (tertiary/aromatic N) is 1. The summed E-state index contributed by atoms with van der Waals surface area (Å²) in [6, 6.07) is 7.40. The molecule has 3 heteroatoms. The Bertz CT molecular complexity index is 379. The number of benzene rings is 1. The molecule has 14 heavy (non-hydrogen) atoms. The molecule has 0 fully saturated rings. The first-order valence-corrected chi connectivity index (χ1v) is 4.52. The third-order valence-electron chi connectivity index (χ3n) is 1.70. The standard InChI is InChI=1S/C11H10ClNO/c1-14-11-6-5-10(12)8-9(11)4-2-3-7-13/h2,4-6,8H,3H2,1H3. The fourth-order valence-electron chi connectivity index (χ4n) is 1.07. The van der Waals surface area contributed by atoms with Crippen molar-refractivity contribution in [3.05, 3.63) is 34.9 Å². The predicted molar refractivity (Wildman–Crippen MR) is 57.3 cm³/mol. The van der Waals surface area contributed by atoms with Gasteiger partial charge in [0.1, 0.15) is 5.75 Å². The molecule has 0 aliphatic carbocycles. The molecule has 0 amide bonds. The Labute approximate surface area is 88.4 Å². The molecule has 0 aliphatic heterocycles. The zero-order valence-electron chi connectivity index (χ0n) is 7.83. The van der Waals surface area contributed by atoms with Crippen LogP contribution in [0.15, 0.2) is 24.3 Å². The lowest BCUT2D eigenvalue weighted by Gasteiger charge is -2.04. The van der Waals surface area contributed by atoms with Gasteiger partial charge in [0.15, 0.2) is 0 Å². The van der Waals surface area contributed by atoms with Gasteiger partial charge in [-0.15, -0.1) is 0 Å². The number of allylic oxidation sites excluding steroid dienone is 1. The van der Waals surface area contributed by atoms with Crippen LogP contribution in [0.2, 0.25) is 5.02 Å². The smallest absolute Gasteiger partial charge is 0.126 e. The summed E-state index contributed by atoms with van der Waals surface area (Å²) < 4.78 is 5.14. The molecule has 0 unspecified atom stereocenters. The first-order valence-electron chi connectivity index (χ1n) is 4.15. The average molecular weight is 208 g/mol. The van der Waals surface area contributed by atoms with Crippen LogP contribution >= 0.6 is 11.6 Å². The van der Waals surface area contributed by atoms with Crippen LogP contribution in [0.4, 0.5) is 0 Å². The molecule has 0 radical (unpaired) electrons. The zero-order valence-corrected chi connectivity index (χ0v) is 8.58. The Hall–Kier alpha value is -1.46. The Morgan fingerprint density at radius 3 is 3.00 bits per heavy atom. The van der Waals surface area contributed by atoms with Crippen molar-refractivity contribution < 1.29 is 4.74 Å². The van der Waals surface area contributed by atoms with E-state index in [-0.39, 0.29) is 0 Å². The second kappa shape index (κ2) is 5.31. The number of hydrogen-bond acceptors (Lipinski definition) is 2. The molecule has 1 aromatic carbocycles. The van der Waals surface area contributed by atoms with Gasteiger partial charge in [-0.3, -0.25) is 0 Å². The summed E-state index contributed by atoms with van der Waals surface area (Å²) in [4.78, 5) is 0. The summed E-state index contributed by atoms with van der Waals surface area (Å²) in [5.41, 5.74) is 0.884. The van der Waals surface area contributed by atoms with E-state index in [9.17, 15) is 0 Å². The lowest BCUT2D eigenvalue weighted by Crippen LogP contribution is -1.86.